The van der Waals surface area contributed by atoms with Crippen LogP contribution < -0.4 is 10.2 Å². The molecule has 0 saturated carbocycles. The molecule has 0 unspecified atom stereocenters. The van der Waals surface area contributed by atoms with Gasteiger partial charge in [-0.25, -0.2) is 0 Å². The predicted molar refractivity (Wildman–Crippen MR) is 102 cm³/mol. The summed E-state index contributed by atoms with van der Waals surface area (Å²) in [5.74, 6) is 0.116. The Hall–Kier alpha value is -2.51. The Kier molecular flexibility index (Phi) is 5.05. The van der Waals surface area contributed by atoms with Gasteiger partial charge in [-0.1, -0.05) is 25.1 Å². The lowest BCUT2D eigenvalue weighted by Gasteiger charge is -2.37. The van der Waals surface area contributed by atoms with Crippen molar-refractivity contribution in [1.29, 1.82) is 0 Å². The number of hydrogen-bond acceptors (Lipinski definition) is 6. The maximum Gasteiger partial charge on any atom is 0.276 e. The summed E-state index contributed by atoms with van der Waals surface area (Å²) in [6.07, 6.45) is 2.47. The molecule has 142 valence electrons. The molecular weight excluding hydrogens is 344 g/mol. The van der Waals surface area contributed by atoms with Crippen LogP contribution in [-0.4, -0.2) is 48.2 Å². The van der Waals surface area contributed by atoms with Crippen LogP contribution in [0.2, 0.25) is 0 Å². The molecule has 2 aliphatic heterocycles. The number of ether oxygens (including phenoxy) is 2. The largest absolute Gasteiger partial charge is 0.355 e. The van der Waals surface area contributed by atoms with Gasteiger partial charge in [-0.15, -0.1) is 10.2 Å². The van der Waals surface area contributed by atoms with Crippen LogP contribution in [0.15, 0.2) is 36.4 Å². The van der Waals surface area contributed by atoms with E-state index in [1.807, 2.05) is 30.3 Å². The smallest absolute Gasteiger partial charge is 0.276 e. The van der Waals surface area contributed by atoms with E-state index in [4.69, 9.17) is 9.47 Å². The molecule has 7 nitrogen and oxygen atoms in total. The number of nitrogens with zero attached hydrogens (tertiary/aromatic N) is 3. The number of carbonyl (C=O) groups is 1. The fraction of sp³-hybridized carbons (Fsp3) is 0.450. The first kappa shape index (κ1) is 17.9. The number of carbonyl (C=O) groups excluding carboxylic acids is 1. The highest BCUT2D eigenvalue weighted by Gasteiger charge is 2.40. The first-order valence-corrected chi connectivity index (χ1v) is 9.45. The van der Waals surface area contributed by atoms with Crippen molar-refractivity contribution >= 4 is 17.4 Å². The zero-order valence-electron chi connectivity index (χ0n) is 15.5. The lowest BCUT2D eigenvalue weighted by Crippen LogP contribution is -2.45. The molecule has 27 heavy (non-hydrogen) atoms. The molecule has 7 heteroatoms. The van der Waals surface area contributed by atoms with Crippen LogP contribution in [0.4, 0.5) is 11.5 Å². The maximum absolute atomic E-state index is 12.5. The zero-order chi connectivity index (χ0) is 18.7. The maximum atomic E-state index is 12.5. The van der Waals surface area contributed by atoms with Crippen LogP contribution in [0.3, 0.4) is 0 Å². The van der Waals surface area contributed by atoms with E-state index < -0.39 is 5.79 Å². The van der Waals surface area contributed by atoms with Gasteiger partial charge in [-0.3, -0.25) is 4.79 Å². The lowest BCUT2D eigenvalue weighted by atomic mass is 10.0. The summed E-state index contributed by atoms with van der Waals surface area (Å²) in [5.41, 5.74) is 2.21. The molecule has 4 rings (SSSR count). The van der Waals surface area contributed by atoms with Crippen LogP contribution in [0.1, 0.15) is 35.8 Å². The number of para-hydroxylation sites is 1. The van der Waals surface area contributed by atoms with Gasteiger partial charge in [-0.05, 0) is 30.2 Å². The molecule has 0 atom stereocenters. The van der Waals surface area contributed by atoms with Gasteiger partial charge in [0, 0.05) is 31.6 Å². The quantitative estimate of drug-likeness (QED) is 0.894. The number of anilines is 2. The molecule has 1 N–H and O–H groups in total. The zero-order valence-corrected chi connectivity index (χ0v) is 15.5. The molecule has 0 aliphatic carbocycles. The van der Waals surface area contributed by atoms with E-state index in [1.54, 1.807) is 6.07 Å². The third-order valence-electron chi connectivity index (χ3n) is 5.19. The molecule has 1 spiro atoms. The number of aryl methyl sites for hydroxylation is 1. The normalized spacial score (nSPS) is 18.6. The molecule has 2 aliphatic rings. The van der Waals surface area contributed by atoms with E-state index in [9.17, 15) is 4.79 Å². The predicted octanol–water partition coefficient (Wildman–Crippen LogP) is 2.63. The van der Waals surface area contributed by atoms with Gasteiger partial charge in [-0.2, -0.15) is 0 Å². The van der Waals surface area contributed by atoms with Gasteiger partial charge in [0.25, 0.3) is 5.91 Å². The minimum atomic E-state index is -0.406. The van der Waals surface area contributed by atoms with Crippen molar-refractivity contribution in [2.45, 2.75) is 32.0 Å². The highest BCUT2D eigenvalue weighted by Crippen LogP contribution is 2.32. The van der Waals surface area contributed by atoms with Gasteiger partial charge in [0.1, 0.15) is 0 Å². The molecule has 1 aromatic carbocycles. The monoisotopic (exact) mass is 368 g/mol. The Morgan fingerprint density at radius 2 is 1.85 bits per heavy atom. The van der Waals surface area contributed by atoms with Crippen molar-refractivity contribution in [3.63, 3.8) is 0 Å². The van der Waals surface area contributed by atoms with Gasteiger partial charge in [0.15, 0.2) is 17.3 Å². The minimum absolute atomic E-state index is 0.250. The summed E-state index contributed by atoms with van der Waals surface area (Å²) in [7, 11) is 0. The molecular formula is C20H24N4O3. The average Bonchev–Trinajstić information content (AvgIpc) is 3.17. The van der Waals surface area contributed by atoms with Crippen LogP contribution >= 0.6 is 0 Å². The minimum Gasteiger partial charge on any atom is -0.355 e. The first-order chi connectivity index (χ1) is 13.2. The molecule has 2 aromatic rings. The van der Waals surface area contributed by atoms with Crippen molar-refractivity contribution in [3.8, 4) is 0 Å². The second-order valence-electron chi connectivity index (χ2n) is 6.84. The van der Waals surface area contributed by atoms with Gasteiger partial charge < -0.3 is 19.7 Å². The van der Waals surface area contributed by atoms with E-state index in [0.29, 0.717) is 18.9 Å². The third-order valence-corrected chi connectivity index (χ3v) is 5.19. The molecule has 1 amide bonds. The Balaban J connectivity index is 1.39. The van der Waals surface area contributed by atoms with E-state index in [-0.39, 0.29) is 5.91 Å². The van der Waals surface area contributed by atoms with Crippen molar-refractivity contribution < 1.29 is 14.3 Å². The Labute approximate surface area is 158 Å². The van der Waals surface area contributed by atoms with Gasteiger partial charge in [0.2, 0.25) is 0 Å². The molecule has 2 saturated heterocycles. The van der Waals surface area contributed by atoms with Gasteiger partial charge >= 0.3 is 0 Å². The Morgan fingerprint density at radius 1 is 1.11 bits per heavy atom. The fourth-order valence-electron chi connectivity index (χ4n) is 3.61. The van der Waals surface area contributed by atoms with Crippen LogP contribution in [0, 0.1) is 0 Å². The van der Waals surface area contributed by atoms with E-state index in [2.05, 4.69) is 27.3 Å². The molecule has 3 heterocycles. The summed E-state index contributed by atoms with van der Waals surface area (Å²) >= 11 is 0. The molecule has 0 bridgehead atoms. The van der Waals surface area contributed by atoms with Crippen molar-refractivity contribution in [2.75, 3.05) is 36.5 Å². The number of aromatic nitrogens is 2. The molecule has 0 radical (unpaired) electrons. The molecule has 1 aromatic heterocycles. The molecule has 2 fully saturated rings. The Morgan fingerprint density at radius 3 is 2.52 bits per heavy atom. The number of amides is 1. The number of nitrogens with one attached hydrogen (secondary N) is 1. The number of hydrogen-bond donors (Lipinski definition) is 1. The van der Waals surface area contributed by atoms with Crippen molar-refractivity contribution in [2.24, 2.45) is 0 Å². The van der Waals surface area contributed by atoms with Crippen molar-refractivity contribution in [3.05, 3.63) is 47.7 Å². The summed E-state index contributed by atoms with van der Waals surface area (Å²) in [4.78, 5) is 14.6. The number of rotatable bonds is 4. The standard InChI is InChI=1S/C20H24N4O3/c1-2-15-5-3-4-6-16(15)21-19(25)17-7-8-18(23-22-17)24-11-9-20(10-12-24)26-13-14-27-20/h3-8H,2,9-14H2,1H3,(H,21,25). The Bertz CT molecular complexity index is 793. The first-order valence-electron chi connectivity index (χ1n) is 9.45. The summed E-state index contributed by atoms with van der Waals surface area (Å²) in [6.45, 7) is 4.99. The highest BCUT2D eigenvalue weighted by molar-refractivity contribution is 6.03. The fourth-order valence-corrected chi connectivity index (χ4v) is 3.61. The second kappa shape index (κ2) is 7.62. The average molecular weight is 368 g/mol. The summed E-state index contributed by atoms with van der Waals surface area (Å²) < 4.78 is 11.5. The summed E-state index contributed by atoms with van der Waals surface area (Å²) in [6, 6.07) is 11.3. The SMILES string of the molecule is CCc1ccccc1NC(=O)c1ccc(N2CCC3(CC2)OCCO3)nn1. The lowest BCUT2D eigenvalue weighted by molar-refractivity contribution is -0.169. The summed E-state index contributed by atoms with van der Waals surface area (Å²) in [5, 5.41) is 11.3. The highest BCUT2D eigenvalue weighted by atomic mass is 16.7. The van der Waals surface area contributed by atoms with Crippen molar-refractivity contribution in [1.82, 2.24) is 10.2 Å². The van der Waals surface area contributed by atoms with E-state index in [0.717, 1.165) is 49.4 Å². The number of benzene rings is 1. The third kappa shape index (κ3) is 3.79. The second-order valence-corrected chi connectivity index (χ2v) is 6.84. The topological polar surface area (TPSA) is 76.6 Å². The number of piperidine rings is 1. The van der Waals surface area contributed by atoms with Crippen LogP contribution in [-0.2, 0) is 15.9 Å². The van der Waals surface area contributed by atoms with E-state index in [1.165, 1.54) is 0 Å². The van der Waals surface area contributed by atoms with E-state index >= 15 is 0 Å². The van der Waals surface area contributed by atoms with Crippen LogP contribution in [0.25, 0.3) is 0 Å². The van der Waals surface area contributed by atoms with Crippen LogP contribution in [0.5, 0.6) is 0 Å². The van der Waals surface area contributed by atoms with Gasteiger partial charge in [0.05, 0.1) is 13.2 Å².